The summed E-state index contributed by atoms with van der Waals surface area (Å²) in [6, 6.07) is 36.8. The molecule has 22 nitrogen and oxygen atoms in total. The van der Waals surface area contributed by atoms with E-state index in [2.05, 4.69) is 25.8 Å². The Bertz CT molecular complexity index is 6330. The molecule has 5 N–H and O–H groups in total. The van der Waals surface area contributed by atoms with Gasteiger partial charge >= 0.3 is 54.1 Å². The van der Waals surface area contributed by atoms with Crippen LogP contribution in [-0.2, 0) is 34.4 Å². The second-order valence-electron chi connectivity index (χ2n) is 30.4. The molecular weight excluding hydrogens is 1970 g/mol. The predicted molar refractivity (Wildman–Crippen MR) is 463 cm³/mol. The summed E-state index contributed by atoms with van der Waals surface area (Å²) in [5, 5.41) is 60.8. The van der Waals surface area contributed by atoms with E-state index in [4.69, 9.17) is 85.8 Å². The first-order chi connectivity index (χ1) is 61.0. The minimum absolute atomic E-state index is 0.00303. The van der Waals surface area contributed by atoms with Gasteiger partial charge < -0.3 is 49.2 Å². The van der Waals surface area contributed by atoms with Gasteiger partial charge in [-0.25, -0.2) is 40.8 Å². The van der Waals surface area contributed by atoms with E-state index in [0.29, 0.717) is 38.1 Å². The fourth-order valence-electron chi connectivity index (χ4n) is 12.4. The number of benzene rings is 8. The molecule has 0 spiro atoms. The van der Waals surface area contributed by atoms with Gasteiger partial charge in [-0.1, -0.05) is 121 Å². The SMILES string of the molecule is CC(C)(C)c1cc2c(cc1Cl)C=C(C(=O)O)[C@@H](C(F)(F)F)O2.CS(=O)(=O)c1ccc(-c2cc(Br)sc2-c2ccc(F)cc2)cc1.Cc1cc(Cl)cc2c1OC(C(F)(F)F)C(C(=O)O)=C2.Cc1ccc(-c2cnn(-c3ccc(F)c(F)c3)c(=O)c2OCCC(C)(C)O)cc1.O=C(O)C1=Cc2cc(Cl)cc(Cl)c2O[C@@H]1C(F)(F)F.O=C(O)C1=Cc2cc([N+](=O)[O-])ccc2OC1C(F)(F)F. The number of carbonyl (C=O) groups is 4. The second kappa shape index (κ2) is 41.1. The van der Waals surface area contributed by atoms with Crippen LogP contribution in [-0.4, -0.2) is 140 Å². The van der Waals surface area contributed by atoms with Crippen LogP contribution in [0.1, 0.15) is 80.0 Å². The highest BCUT2D eigenvalue weighted by molar-refractivity contribution is 9.11. The van der Waals surface area contributed by atoms with Crippen molar-refractivity contribution in [3.8, 4) is 67.1 Å². The quantitative estimate of drug-likeness (QED) is 0.0383. The van der Waals surface area contributed by atoms with Crippen LogP contribution in [0, 0.1) is 41.4 Å². The molecule has 6 heterocycles. The number of thiophene rings is 1. The number of halogens is 20. The Labute approximate surface area is 770 Å². The van der Waals surface area contributed by atoms with Crippen LogP contribution in [0.3, 0.4) is 0 Å². The molecule has 0 bridgehead atoms. The lowest BCUT2D eigenvalue weighted by Crippen LogP contribution is -2.40. The molecule has 14 rings (SSSR count). The standard InChI is InChI=1S/C22H22F2N2O3.C17H12BrFO2S2.C15H14ClF3O3.C12H8ClF3O3.C11H5Cl2F3O3.C11H6F3NO5/c1-14-4-6-15(7-5-14)17-13-25-26(16-8-9-18(23)19(24)12-16)21(27)20(17)29-11-10-22(2,3)28;1-23(20,21)14-8-4-11(5-9-14)15-10-16(18)22-17(15)12-2-6-13(19)7-3-12;1-14(2,3)9-6-11-7(5-10(9)16)4-8(13(20)21)12(22-11)15(17,18)19;1-5-2-7(13)3-6-4-8(11(17)18)10(12(14,15)16)19-9(5)6;12-5-1-4-2-6(10(17)18)9(11(14,15)16)19-8(4)7(13)3-5;12-11(13,14)9-7(10(16)17)4-5-3-6(15(18)19)1-2-8(5)20-9/h4-9,12-13,28H,10-11H2,1-3H3;2-10H,1H3;4-6,12H,1-3H3,(H,20,21);2-4,10H,1H3,(H,17,18);1-3,9H,(H,17,18);1-4,9H,(H,16,17)/t;;12-;;9-;/m..0.0./s1. The molecular formula is C88H67BrCl4F15N3O19S2. The number of carboxylic acid groups (broad SMARTS) is 4. The Hall–Kier alpha value is -11.9. The molecule has 0 fully saturated rings. The number of rotatable bonds is 14. The van der Waals surface area contributed by atoms with Crippen molar-refractivity contribution in [2.75, 3.05) is 12.9 Å². The van der Waals surface area contributed by atoms with E-state index in [-0.39, 0.29) is 90.3 Å². The van der Waals surface area contributed by atoms with Crippen LogP contribution in [0.25, 0.3) is 62.7 Å². The normalized spacial score (nSPS) is 15.6. The van der Waals surface area contributed by atoms with E-state index in [1.165, 1.54) is 74.0 Å². The summed E-state index contributed by atoms with van der Waals surface area (Å²) in [6.45, 7) is 12.5. The van der Waals surface area contributed by atoms with Crippen molar-refractivity contribution in [1.82, 2.24) is 9.78 Å². The number of ether oxygens (including phenoxy) is 5. The van der Waals surface area contributed by atoms with E-state index in [9.17, 15) is 113 Å². The van der Waals surface area contributed by atoms with Crippen LogP contribution < -0.4 is 29.2 Å². The molecule has 0 aliphatic carbocycles. The molecule has 0 saturated heterocycles. The van der Waals surface area contributed by atoms with Gasteiger partial charge in [0.1, 0.15) is 28.8 Å². The summed E-state index contributed by atoms with van der Waals surface area (Å²) in [7, 11) is -3.21. The number of sulfone groups is 1. The number of nitrogens with zero attached hydrogens (tertiary/aromatic N) is 3. The van der Waals surface area contributed by atoms with E-state index in [1.54, 1.807) is 61.6 Å². The lowest BCUT2D eigenvalue weighted by atomic mass is 9.85. The fraction of sp³-hybridized carbons (Fsp3) is 0.227. The maximum atomic E-state index is 13.6. The Morgan fingerprint density at radius 3 is 1.48 bits per heavy atom. The zero-order chi connectivity index (χ0) is 98.5. The Morgan fingerprint density at radius 1 is 0.545 bits per heavy atom. The molecule has 4 atom stereocenters. The van der Waals surface area contributed by atoms with E-state index in [1.807, 2.05) is 58.0 Å². The summed E-state index contributed by atoms with van der Waals surface area (Å²) in [6.07, 6.45) is -23.1. The summed E-state index contributed by atoms with van der Waals surface area (Å²) in [4.78, 5) is 67.9. The monoisotopic (exact) mass is 2040 g/mol. The van der Waals surface area contributed by atoms with Gasteiger partial charge in [0.2, 0.25) is 24.4 Å². The summed E-state index contributed by atoms with van der Waals surface area (Å²) in [5.41, 5.74) is 0.657. The highest BCUT2D eigenvalue weighted by Crippen LogP contribution is 2.48. The third-order valence-electron chi connectivity index (χ3n) is 18.7. The molecule has 4 aliphatic rings. The van der Waals surface area contributed by atoms with Gasteiger partial charge in [0.25, 0.3) is 5.69 Å². The first-order valence-electron chi connectivity index (χ1n) is 37.5. The van der Waals surface area contributed by atoms with Crippen LogP contribution in [0.2, 0.25) is 20.1 Å². The van der Waals surface area contributed by atoms with Gasteiger partial charge in [-0.05, 0) is 186 Å². The second-order valence-corrected chi connectivity index (χ2v) is 36.5. The smallest absolute Gasteiger partial charge is 0.430 e. The number of alkyl halides is 12. The van der Waals surface area contributed by atoms with Gasteiger partial charge in [0.05, 0.1) is 65.0 Å². The zero-order valence-corrected chi connectivity index (χ0v) is 75.0. The number of fused-ring (bicyclic) bond motifs is 4. The Morgan fingerprint density at radius 2 is 1.00 bits per heavy atom. The molecule has 132 heavy (non-hydrogen) atoms. The van der Waals surface area contributed by atoms with Crippen molar-refractivity contribution < 1.29 is 148 Å². The Balaban J connectivity index is 0.000000179. The number of aliphatic hydroxyl groups is 1. The molecule has 2 unspecified atom stereocenters. The predicted octanol–water partition coefficient (Wildman–Crippen LogP) is 23.5. The number of hydrogen-bond donors (Lipinski definition) is 5. The maximum absolute atomic E-state index is 13.6. The van der Waals surface area contributed by atoms with Gasteiger partial charge in [0.15, 0.2) is 27.2 Å². The lowest BCUT2D eigenvalue weighted by molar-refractivity contribution is -0.384. The third kappa shape index (κ3) is 26.3. The number of aromatic nitrogens is 2. The molecule has 0 radical (unpaired) electrons. The number of aryl methyl sites for hydroxylation is 2. The first kappa shape index (κ1) is 104. The molecule has 44 heteroatoms. The van der Waals surface area contributed by atoms with E-state index in [0.717, 1.165) is 95.8 Å². The van der Waals surface area contributed by atoms with Crippen molar-refractivity contribution in [3.63, 3.8) is 0 Å². The van der Waals surface area contributed by atoms with Crippen LogP contribution in [0.5, 0.6) is 28.7 Å². The lowest BCUT2D eigenvalue weighted by Gasteiger charge is -2.29. The van der Waals surface area contributed by atoms with Gasteiger partial charge in [-0.15, -0.1) is 11.3 Å². The average molecular weight is 2040 g/mol. The number of aliphatic carboxylic acids is 4. The highest BCUT2D eigenvalue weighted by atomic mass is 79.9. The van der Waals surface area contributed by atoms with Crippen LogP contribution in [0.4, 0.5) is 71.5 Å². The minimum atomic E-state index is -4.90. The maximum Gasteiger partial charge on any atom is 0.430 e. The Kier molecular flexibility index (Phi) is 32.3. The minimum Gasteiger partial charge on any atom is -0.487 e. The number of nitro groups is 1. The summed E-state index contributed by atoms with van der Waals surface area (Å²) in [5.74, 6) is -9.74. The van der Waals surface area contributed by atoms with Gasteiger partial charge in [0, 0.05) is 84.2 Å². The van der Waals surface area contributed by atoms with Crippen molar-refractivity contribution in [2.24, 2.45) is 0 Å². The average Bonchev–Trinajstić information content (AvgIpc) is 0.801. The number of hydrogen-bond acceptors (Lipinski definition) is 17. The van der Waals surface area contributed by atoms with E-state index < -0.39 is 133 Å². The zero-order valence-electron chi connectivity index (χ0n) is 68.7. The van der Waals surface area contributed by atoms with E-state index >= 15 is 0 Å². The molecule has 4 aliphatic heterocycles. The topological polar surface area (TPSA) is 328 Å². The van der Waals surface area contributed by atoms with Crippen molar-refractivity contribution in [2.45, 2.75) is 120 Å². The summed E-state index contributed by atoms with van der Waals surface area (Å²) >= 11 is 28.4. The molecule has 10 aromatic rings. The fourth-order valence-corrected chi connectivity index (χ4v) is 16.0. The molecule has 8 aromatic carbocycles. The molecule has 2 aromatic heterocycles. The van der Waals surface area contributed by atoms with Gasteiger partial charge in [-0.3, -0.25) is 14.9 Å². The molecule has 700 valence electrons. The van der Waals surface area contributed by atoms with Crippen LogP contribution >= 0.6 is 73.7 Å². The highest BCUT2D eigenvalue weighted by Gasteiger charge is 2.52. The molecule has 0 amide bonds. The van der Waals surface area contributed by atoms with Crippen molar-refractivity contribution in [3.05, 3.63) is 281 Å². The number of nitro benzene ring substituents is 1. The number of non-ortho nitro benzene ring substituents is 1. The third-order valence-corrected chi connectivity index (χ3v) is 22.6. The van der Waals surface area contributed by atoms with Gasteiger partial charge in [-0.2, -0.15) is 62.5 Å². The molecule has 0 saturated carbocycles. The largest absolute Gasteiger partial charge is 0.487 e. The van der Waals surface area contributed by atoms with Crippen molar-refractivity contribution in [1.29, 1.82) is 0 Å². The summed E-state index contributed by atoms with van der Waals surface area (Å²) < 4.78 is 244. The first-order valence-corrected chi connectivity index (χ1v) is 42.5. The van der Waals surface area contributed by atoms with Crippen LogP contribution in [0.15, 0.2) is 194 Å². The van der Waals surface area contributed by atoms with Crippen molar-refractivity contribution >= 4 is 137 Å². The number of carboxylic acids is 4.